The normalized spacial score (nSPS) is 12.3. The number of ether oxygens (including phenoxy) is 2. The lowest BCUT2D eigenvalue weighted by Gasteiger charge is -2.24. The van der Waals surface area contributed by atoms with E-state index in [0.29, 0.717) is 30.1 Å². The Kier molecular flexibility index (Phi) is 7.42. The molecule has 0 amide bonds. The molecule has 3 aromatic rings. The molecule has 0 aliphatic heterocycles. The fourth-order valence-corrected chi connectivity index (χ4v) is 3.73. The van der Waals surface area contributed by atoms with Crippen LogP contribution in [0.25, 0.3) is 11.1 Å². The number of halogens is 1. The SMILES string of the molecule is COc1ccc(F)c(-c2cc(COc3ccc(CC(C)C(=O)O)cc3)ccc2C(C)(C)C)c1. The Hall–Kier alpha value is -3.34. The highest BCUT2D eigenvalue weighted by Gasteiger charge is 2.21. The van der Waals surface area contributed by atoms with Crippen LogP contribution < -0.4 is 9.47 Å². The second-order valence-corrected chi connectivity index (χ2v) is 9.35. The van der Waals surface area contributed by atoms with Gasteiger partial charge in [-0.25, -0.2) is 4.39 Å². The monoisotopic (exact) mass is 450 g/mol. The van der Waals surface area contributed by atoms with Crippen LogP contribution in [-0.4, -0.2) is 18.2 Å². The Morgan fingerprint density at radius 1 is 0.939 bits per heavy atom. The van der Waals surface area contributed by atoms with Gasteiger partial charge in [0.2, 0.25) is 0 Å². The molecule has 0 fully saturated rings. The summed E-state index contributed by atoms with van der Waals surface area (Å²) in [4.78, 5) is 11.0. The Morgan fingerprint density at radius 2 is 1.58 bits per heavy atom. The molecule has 4 nitrogen and oxygen atoms in total. The molecule has 1 N–H and O–H groups in total. The van der Waals surface area contributed by atoms with E-state index >= 15 is 0 Å². The van der Waals surface area contributed by atoms with E-state index in [1.165, 1.54) is 6.07 Å². The van der Waals surface area contributed by atoms with Crippen molar-refractivity contribution in [3.05, 3.63) is 83.2 Å². The zero-order chi connectivity index (χ0) is 24.2. The van der Waals surface area contributed by atoms with Gasteiger partial charge in [-0.3, -0.25) is 4.79 Å². The summed E-state index contributed by atoms with van der Waals surface area (Å²) >= 11 is 0. The minimum atomic E-state index is -0.808. The summed E-state index contributed by atoms with van der Waals surface area (Å²) in [6.45, 7) is 8.33. The van der Waals surface area contributed by atoms with Crippen LogP contribution in [-0.2, 0) is 23.2 Å². The maximum Gasteiger partial charge on any atom is 0.306 e. The molecule has 33 heavy (non-hydrogen) atoms. The van der Waals surface area contributed by atoms with Crippen LogP contribution in [0.15, 0.2) is 60.7 Å². The van der Waals surface area contributed by atoms with Gasteiger partial charge in [0.05, 0.1) is 13.0 Å². The molecule has 3 aromatic carbocycles. The quantitative estimate of drug-likeness (QED) is 0.418. The first-order valence-corrected chi connectivity index (χ1v) is 11.0. The van der Waals surface area contributed by atoms with E-state index in [2.05, 4.69) is 20.8 Å². The molecule has 0 bridgehead atoms. The predicted molar refractivity (Wildman–Crippen MR) is 128 cm³/mol. The molecule has 0 aromatic heterocycles. The first kappa shape index (κ1) is 24.3. The lowest BCUT2D eigenvalue weighted by molar-refractivity contribution is -0.141. The van der Waals surface area contributed by atoms with Crippen LogP contribution in [0, 0.1) is 11.7 Å². The lowest BCUT2D eigenvalue weighted by atomic mass is 9.81. The van der Waals surface area contributed by atoms with Crippen molar-refractivity contribution in [3.8, 4) is 22.6 Å². The van der Waals surface area contributed by atoms with Crippen molar-refractivity contribution in [2.24, 2.45) is 5.92 Å². The highest BCUT2D eigenvalue weighted by atomic mass is 19.1. The van der Waals surface area contributed by atoms with Crippen molar-refractivity contribution in [1.82, 2.24) is 0 Å². The summed E-state index contributed by atoms with van der Waals surface area (Å²) in [7, 11) is 1.57. The number of carboxylic acids is 1. The Morgan fingerprint density at radius 3 is 2.18 bits per heavy atom. The largest absolute Gasteiger partial charge is 0.497 e. The third-order valence-electron chi connectivity index (χ3n) is 5.65. The highest BCUT2D eigenvalue weighted by molar-refractivity contribution is 5.71. The van der Waals surface area contributed by atoms with Gasteiger partial charge in [-0.15, -0.1) is 0 Å². The van der Waals surface area contributed by atoms with Crippen molar-refractivity contribution >= 4 is 5.97 Å². The van der Waals surface area contributed by atoms with E-state index < -0.39 is 11.9 Å². The van der Waals surface area contributed by atoms with Crippen LogP contribution in [0.2, 0.25) is 0 Å². The molecule has 0 radical (unpaired) electrons. The zero-order valence-corrected chi connectivity index (χ0v) is 19.8. The van der Waals surface area contributed by atoms with Gasteiger partial charge in [0, 0.05) is 5.56 Å². The van der Waals surface area contributed by atoms with Gasteiger partial charge < -0.3 is 14.6 Å². The van der Waals surface area contributed by atoms with Crippen molar-refractivity contribution in [3.63, 3.8) is 0 Å². The molecular weight excluding hydrogens is 419 g/mol. The Bertz CT molecular complexity index is 1110. The number of carboxylic acid groups (broad SMARTS) is 1. The topological polar surface area (TPSA) is 55.8 Å². The standard InChI is InChI=1S/C28H31FO4/c1-18(27(30)31)14-19-6-9-21(10-7-19)33-17-20-8-12-25(28(2,3)4)23(15-20)24-16-22(32-5)11-13-26(24)29/h6-13,15-16,18H,14,17H2,1-5H3,(H,30,31). The van der Waals surface area contributed by atoms with E-state index in [4.69, 9.17) is 14.6 Å². The summed E-state index contributed by atoms with van der Waals surface area (Å²) in [5, 5.41) is 9.07. The van der Waals surface area contributed by atoms with Crippen LogP contribution in [0.4, 0.5) is 4.39 Å². The Labute approximate surface area is 195 Å². The zero-order valence-electron chi connectivity index (χ0n) is 19.8. The van der Waals surface area contributed by atoms with Gasteiger partial charge in [-0.1, -0.05) is 52.0 Å². The van der Waals surface area contributed by atoms with Crippen molar-refractivity contribution < 1.29 is 23.8 Å². The molecule has 0 aliphatic rings. The Balaban J connectivity index is 1.84. The fourth-order valence-electron chi connectivity index (χ4n) is 3.73. The van der Waals surface area contributed by atoms with Gasteiger partial charge in [-0.2, -0.15) is 0 Å². The second-order valence-electron chi connectivity index (χ2n) is 9.35. The number of hydrogen-bond acceptors (Lipinski definition) is 3. The van der Waals surface area contributed by atoms with Crippen molar-refractivity contribution in [2.45, 2.75) is 46.1 Å². The minimum Gasteiger partial charge on any atom is -0.497 e. The van der Waals surface area contributed by atoms with Gasteiger partial charge in [0.1, 0.15) is 23.9 Å². The molecular formula is C28H31FO4. The van der Waals surface area contributed by atoms with Crippen LogP contribution in [0.1, 0.15) is 44.4 Å². The first-order valence-electron chi connectivity index (χ1n) is 11.0. The predicted octanol–water partition coefficient (Wildman–Crippen LogP) is 6.64. The van der Waals surface area contributed by atoms with Crippen LogP contribution >= 0.6 is 0 Å². The third kappa shape index (κ3) is 6.13. The maximum absolute atomic E-state index is 14.8. The van der Waals surface area contributed by atoms with Gasteiger partial charge >= 0.3 is 5.97 Å². The third-order valence-corrected chi connectivity index (χ3v) is 5.65. The molecule has 0 saturated carbocycles. The first-order chi connectivity index (χ1) is 15.6. The van der Waals surface area contributed by atoms with Crippen LogP contribution in [0.3, 0.4) is 0 Å². The van der Waals surface area contributed by atoms with E-state index in [0.717, 1.165) is 22.3 Å². The van der Waals surface area contributed by atoms with Gasteiger partial charge in [0.25, 0.3) is 0 Å². The van der Waals surface area contributed by atoms with Crippen molar-refractivity contribution in [1.29, 1.82) is 0 Å². The minimum absolute atomic E-state index is 0.173. The fraction of sp³-hybridized carbons (Fsp3) is 0.321. The molecule has 0 spiro atoms. The summed E-state index contributed by atoms with van der Waals surface area (Å²) in [5.41, 5.74) is 4.05. The number of rotatable bonds is 8. The van der Waals surface area contributed by atoms with Gasteiger partial charge in [-0.05, 0) is 70.5 Å². The molecule has 0 saturated heterocycles. The number of hydrogen-bond donors (Lipinski definition) is 1. The van der Waals surface area contributed by atoms with E-state index in [9.17, 15) is 9.18 Å². The molecule has 3 rings (SSSR count). The summed E-state index contributed by atoms with van der Waals surface area (Å²) in [6.07, 6.45) is 0.472. The van der Waals surface area contributed by atoms with Gasteiger partial charge in [0.15, 0.2) is 0 Å². The number of methoxy groups -OCH3 is 1. The van der Waals surface area contributed by atoms with Crippen LogP contribution in [0.5, 0.6) is 11.5 Å². The smallest absolute Gasteiger partial charge is 0.306 e. The molecule has 1 atom stereocenters. The van der Waals surface area contributed by atoms with E-state index in [1.807, 2.05) is 42.5 Å². The molecule has 5 heteroatoms. The lowest BCUT2D eigenvalue weighted by Crippen LogP contribution is -2.13. The molecule has 0 aliphatic carbocycles. The summed E-state index contributed by atoms with van der Waals surface area (Å²) < 4.78 is 26.1. The summed E-state index contributed by atoms with van der Waals surface area (Å²) in [5.74, 6) is -0.252. The molecule has 174 valence electrons. The van der Waals surface area contributed by atoms with E-state index in [1.54, 1.807) is 26.2 Å². The average molecular weight is 451 g/mol. The summed E-state index contributed by atoms with van der Waals surface area (Å²) in [6, 6.07) is 18.2. The second kappa shape index (κ2) is 10.1. The average Bonchev–Trinajstić information content (AvgIpc) is 2.78. The number of carbonyl (C=O) groups is 1. The molecule has 0 heterocycles. The number of benzene rings is 3. The maximum atomic E-state index is 14.8. The number of aliphatic carboxylic acids is 1. The van der Waals surface area contributed by atoms with Crippen molar-refractivity contribution in [2.75, 3.05) is 7.11 Å². The molecule has 1 unspecified atom stereocenters. The highest BCUT2D eigenvalue weighted by Crippen LogP contribution is 2.36. The van der Waals surface area contributed by atoms with E-state index in [-0.39, 0.29) is 11.2 Å².